The van der Waals surface area contributed by atoms with Crippen LogP contribution in [-0.4, -0.2) is 53.6 Å². The molecule has 1 saturated heterocycles. The number of anilines is 2. The Bertz CT molecular complexity index is 739. The van der Waals surface area contributed by atoms with E-state index in [1.165, 1.54) is 0 Å². The third-order valence-electron chi connectivity index (χ3n) is 4.02. The molecule has 2 heterocycles. The van der Waals surface area contributed by atoms with Crippen LogP contribution in [0.1, 0.15) is 16.8 Å². The first kappa shape index (κ1) is 19.0. The van der Waals surface area contributed by atoms with Crippen molar-refractivity contribution in [3.8, 4) is 0 Å². The number of nitrogens with zero attached hydrogens (tertiary/aromatic N) is 3. The molecule has 1 aromatic heterocycles. The number of halogens is 1. The summed E-state index contributed by atoms with van der Waals surface area (Å²) in [6.07, 6.45) is 2.42. The van der Waals surface area contributed by atoms with Crippen LogP contribution in [0.4, 0.5) is 11.6 Å². The largest absolute Gasteiger partial charge is 0.370 e. The zero-order chi connectivity index (χ0) is 18.2. The predicted octanol–water partition coefficient (Wildman–Crippen LogP) is 3.02. The van der Waals surface area contributed by atoms with Crippen LogP contribution in [-0.2, 0) is 0 Å². The monoisotopic (exact) mass is 435 g/mol. The van der Waals surface area contributed by atoms with Crippen molar-refractivity contribution in [2.45, 2.75) is 6.42 Å². The van der Waals surface area contributed by atoms with Crippen molar-refractivity contribution in [2.75, 3.05) is 47.9 Å². The Kier molecular flexibility index (Phi) is 7.13. The van der Waals surface area contributed by atoms with Crippen LogP contribution in [0.15, 0.2) is 41.1 Å². The van der Waals surface area contributed by atoms with Crippen LogP contribution >= 0.6 is 27.7 Å². The first-order valence-corrected chi connectivity index (χ1v) is 10.6. The van der Waals surface area contributed by atoms with Gasteiger partial charge in [0, 0.05) is 53.8 Å². The maximum Gasteiger partial charge on any atom is 0.251 e. The number of hydrogen-bond acceptors (Lipinski definition) is 6. The topological polar surface area (TPSA) is 70.2 Å². The smallest absolute Gasteiger partial charge is 0.251 e. The van der Waals surface area contributed by atoms with Crippen molar-refractivity contribution < 1.29 is 4.79 Å². The molecule has 2 N–H and O–H groups in total. The fraction of sp³-hybridized carbons (Fsp3) is 0.389. The molecule has 1 aliphatic heterocycles. The van der Waals surface area contributed by atoms with Gasteiger partial charge in [-0.1, -0.05) is 22.0 Å². The van der Waals surface area contributed by atoms with Crippen LogP contribution in [0.5, 0.6) is 0 Å². The Morgan fingerprint density at radius 3 is 2.85 bits per heavy atom. The average molecular weight is 436 g/mol. The second-order valence-electron chi connectivity index (χ2n) is 5.91. The van der Waals surface area contributed by atoms with E-state index in [0.29, 0.717) is 12.1 Å². The van der Waals surface area contributed by atoms with E-state index in [-0.39, 0.29) is 5.91 Å². The molecule has 1 aliphatic rings. The summed E-state index contributed by atoms with van der Waals surface area (Å²) >= 11 is 5.36. The molecule has 3 rings (SSSR count). The van der Waals surface area contributed by atoms with Gasteiger partial charge >= 0.3 is 0 Å². The number of thioether (sulfide) groups is 1. The molecule has 1 aromatic carbocycles. The minimum atomic E-state index is -0.0569. The van der Waals surface area contributed by atoms with Gasteiger partial charge in [0.1, 0.15) is 18.0 Å². The van der Waals surface area contributed by atoms with Gasteiger partial charge in [-0.2, -0.15) is 11.8 Å². The molecule has 0 unspecified atom stereocenters. The Labute approximate surface area is 166 Å². The summed E-state index contributed by atoms with van der Waals surface area (Å²) in [7, 11) is 0. The first-order chi connectivity index (χ1) is 12.7. The highest BCUT2D eigenvalue weighted by atomic mass is 79.9. The van der Waals surface area contributed by atoms with Crippen LogP contribution in [0.2, 0.25) is 0 Å². The molecule has 1 fully saturated rings. The normalized spacial score (nSPS) is 14.1. The standard InChI is InChI=1S/C18H22BrN5OS/c19-15-4-1-3-14(11-15)18(25)21-6-2-5-20-16-12-17(23-13-22-16)24-7-9-26-10-8-24/h1,3-4,11-13H,2,5-10H2,(H,21,25)(H,20,22,23). The van der Waals surface area contributed by atoms with E-state index in [9.17, 15) is 4.79 Å². The Balaban J connectivity index is 1.40. The second kappa shape index (κ2) is 9.78. The lowest BCUT2D eigenvalue weighted by atomic mass is 10.2. The molecule has 0 aliphatic carbocycles. The third-order valence-corrected chi connectivity index (χ3v) is 5.46. The van der Waals surface area contributed by atoms with E-state index in [2.05, 4.69) is 41.4 Å². The molecule has 8 heteroatoms. The summed E-state index contributed by atoms with van der Waals surface area (Å²) in [6, 6.07) is 9.37. The van der Waals surface area contributed by atoms with E-state index in [1.807, 2.05) is 36.0 Å². The van der Waals surface area contributed by atoms with E-state index in [4.69, 9.17) is 0 Å². The van der Waals surface area contributed by atoms with E-state index < -0.39 is 0 Å². The van der Waals surface area contributed by atoms with Crippen LogP contribution in [0, 0.1) is 0 Å². The summed E-state index contributed by atoms with van der Waals surface area (Å²) in [4.78, 5) is 23.0. The van der Waals surface area contributed by atoms with E-state index >= 15 is 0 Å². The van der Waals surface area contributed by atoms with Gasteiger partial charge in [0.25, 0.3) is 5.91 Å². The third kappa shape index (κ3) is 5.60. The quantitative estimate of drug-likeness (QED) is 0.651. The lowest BCUT2D eigenvalue weighted by Gasteiger charge is -2.27. The Hall–Kier alpha value is -1.80. The fourth-order valence-corrected chi connectivity index (χ4v) is 3.95. The summed E-state index contributed by atoms with van der Waals surface area (Å²) in [5.74, 6) is 4.03. The lowest BCUT2D eigenvalue weighted by molar-refractivity contribution is 0.0953. The number of carbonyl (C=O) groups is 1. The second-order valence-corrected chi connectivity index (χ2v) is 8.05. The lowest BCUT2D eigenvalue weighted by Crippen LogP contribution is -2.33. The number of hydrogen-bond donors (Lipinski definition) is 2. The van der Waals surface area contributed by atoms with Crippen molar-refractivity contribution in [3.63, 3.8) is 0 Å². The number of amides is 1. The first-order valence-electron chi connectivity index (χ1n) is 8.65. The minimum absolute atomic E-state index is 0.0569. The van der Waals surface area contributed by atoms with Gasteiger partial charge in [0.05, 0.1) is 0 Å². The predicted molar refractivity (Wildman–Crippen MR) is 111 cm³/mol. The molecular formula is C18H22BrN5OS. The number of benzene rings is 1. The van der Waals surface area contributed by atoms with Gasteiger partial charge in [0.2, 0.25) is 0 Å². The molecule has 1 amide bonds. The Morgan fingerprint density at radius 1 is 1.19 bits per heavy atom. The van der Waals surface area contributed by atoms with Gasteiger partial charge < -0.3 is 15.5 Å². The molecule has 6 nitrogen and oxygen atoms in total. The summed E-state index contributed by atoms with van der Waals surface area (Å²) < 4.78 is 0.902. The van der Waals surface area contributed by atoms with Gasteiger partial charge in [-0.15, -0.1) is 0 Å². The molecule has 0 radical (unpaired) electrons. The van der Waals surface area contributed by atoms with Crippen molar-refractivity contribution in [3.05, 3.63) is 46.7 Å². The van der Waals surface area contributed by atoms with E-state index in [0.717, 1.165) is 53.7 Å². The number of aromatic nitrogens is 2. The van der Waals surface area contributed by atoms with Gasteiger partial charge in [-0.3, -0.25) is 4.79 Å². The van der Waals surface area contributed by atoms with Crippen LogP contribution < -0.4 is 15.5 Å². The van der Waals surface area contributed by atoms with Crippen molar-refractivity contribution in [2.24, 2.45) is 0 Å². The summed E-state index contributed by atoms with van der Waals surface area (Å²) in [6.45, 7) is 3.41. The average Bonchev–Trinajstić information content (AvgIpc) is 2.68. The van der Waals surface area contributed by atoms with Crippen molar-refractivity contribution in [1.82, 2.24) is 15.3 Å². The maximum absolute atomic E-state index is 12.1. The van der Waals surface area contributed by atoms with Gasteiger partial charge in [-0.25, -0.2) is 9.97 Å². The molecule has 0 atom stereocenters. The highest BCUT2D eigenvalue weighted by molar-refractivity contribution is 9.10. The maximum atomic E-state index is 12.1. The molecule has 26 heavy (non-hydrogen) atoms. The molecular weight excluding hydrogens is 414 g/mol. The molecule has 138 valence electrons. The fourth-order valence-electron chi connectivity index (χ4n) is 2.65. The van der Waals surface area contributed by atoms with Gasteiger partial charge in [-0.05, 0) is 24.6 Å². The number of rotatable bonds is 7. The zero-order valence-corrected chi connectivity index (χ0v) is 16.9. The highest BCUT2D eigenvalue weighted by Crippen LogP contribution is 2.18. The van der Waals surface area contributed by atoms with Crippen molar-refractivity contribution in [1.29, 1.82) is 0 Å². The molecule has 2 aromatic rings. The van der Waals surface area contributed by atoms with Crippen LogP contribution in [0.3, 0.4) is 0 Å². The van der Waals surface area contributed by atoms with Crippen molar-refractivity contribution >= 4 is 45.2 Å². The number of nitrogens with one attached hydrogen (secondary N) is 2. The zero-order valence-electron chi connectivity index (χ0n) is 14.4. The SMILES string of the molecule is O=C(NCCCNc1cc(N2CCSCC2)ncn1)c1cccc(Br)c1. The van der Waals surface area contributed by atoms with Gasteiger partial charge in [0.15, 0.2) is 0 Å². The minimum Gasteiger partial charge on any atom is -0.370 e. The number of carbonyl (C=O) groups excluding carboxylic acids is 1. The summed E-state index contributed by atoms with van der Waals surface area (Å²) in [5.41, 5.74) is 0.660. The highest BCUT2D eigenvalue weighted by Gasteiger charge is 2.12. The molecule has 0 bridgehead atoms. The van der Waals surface area contributed by atoms with E-state index in [1.54, 1.807) is 12.4 Å². The Morgan fingerprint density at radius 2 is 2.04 bits per heavy atom. The molecule has 0 saturated carbocycles. The molecule has 0 spiro atoms. The van der Waals surface area contributed by atoms with Crippen LogP contribution in [0.25, 0.3) is 0 Å². The summed E-state index contributed by atoms with van der Waals surface area (Å²) in [5, 5.41) is 6.24.